The first-order valence-electron chi connectivity index (χ1n) is 5.47. The van der Waals surface area contributed by atoms with Crippen molar-refractivity contribution in [3.8, 4) is 0 Å². The van der Waals surface area contributed by atoms with Gasteiger partial charge in [-0.3, -0.25) is 5.10 Å². The van der Waals surface area contributed by atoms with Crippen molar-refractivity contribution < 1.29 is 14.7 Å². The first-order valence-corrected chi connectivity index (χ1v) is 5.85. The van der Waals surface area contributed by atoms with Crippen molar-refractivity contribution in [1.82, 2.24) is 20.5 Å². The molecule has 8 nitrogen and oxygen atoms in total. The maximum Gasteiger partial charge on any atom is 0.335 e. The lowest BCUT2D eigenvalue weighted by Gasteiger charge is -2.07. The van der Waals surface area contributed by atoms with Gasteiger partial charge in [0.1, 0.15) is 12.2 Å². The Morgan fingerprint density at radius 1 is 1.35 bits per heavy atom. The molecule has 0 aliphatic heterocycles. The van der Waals surface area contributed by atoms with Crippen molar-refractivity contribution in [2.45, 2.75) is 6.54 Å². The highest BCUT2D eigenvalue weighted by Gasteiger charge is 2.08. The van der Waals surface area contributed by atoms with Crippen LogP contribution in [0.3, 0.4) is 0 Å². The number of H-pyrrole nitrogens is 1. The molecule has 0 saturated heterocycles. The molecule has 1 aromatic heterocycles. The summed E-state index contributed by atoms with van der Waals surface area (Å²) < 4.78 is 0. The molecule has 4 N–H and O–H groups in total. The average Bonchev–Trinajstić information content (AvgIpc) is 2.88. The second-order valence-corrected chi connectivity index (χ2v) is 4.21. The zero-order chi connectivity index (χ0) is 14.5. The van der Waals surface area contributed by atoms with E-state index in [0.29, 0.717) is 5.82 Å². The molecule has 0 unspecified atom stereocenters. The summed E-state index contributed by atoms with van der Waals surface area (Å²) in [6.45, 7) is 0.165. The Bertz CT molecular complexity index is 629. The molecular weight excluding hydrogens is 286 g/mol. The predicted octanol–water partition coefficient (Wildman–Crippen LogP) is 1.48. The third-order valence-corrected chi connectivity index (χ3v) is 2.50. The normalized spacial score (nSPS) is 10.1. The number of rotatable bonds is 4. The lowest BCUT2D eigenvalue weighted by Crippen LogP contribution is -2.28. The lowest BCUT2D eigenvalue weighted by atomic mass is 10.2. The Morgan fingerprint density at radius 2 is 2.15 bits per heavy atom. The van der Waals surface area contributed by atoms with E-state index in [4.69, 9.17) is 16.7 Å². The molecular formula is C11H10ClN5O3. The summed E-state index contributed by atoms with van der Waals surface area (Å²) in [5.74, 6) is -0.630. The fourth-order valence-corrected chi connectivity index (χ4v) is 1.68. The number of aromatic amines is 1. The number of nitrogens with one attached hydrogen (secondary N) is 3. The van der Waals surface area contributed by atoms with Gasteiger partial charge in [0.25, 0.3) is 0 Å². The van der Waals surface area contributed by atoms with Gasteiger partial charge in [-0.25, -0.2) is 14.6 Å². The predicted molar refractivity (Wildman–Crippen MR) is 70.7 cm³/mol. The molecule has 0 atom stereocenters. The van der Waals surface area contributed by atoms with Gasteiger partial charge in [0.2, 0.25) is 0 Å². The number of aromatic nitrogens is 3. The van der Waals surface area contributed by atoms with Crippen molar-refractivity contribution in [3.63, 3.8) is 0 Å². The van der Waals surface area contributed by atoms with Gasteiger partial charge in [-0.15, -0.1) is 0 Å². The molecule has 9 heteroatoms. The second-order valence-electron chi connectivity index (χ2n) is 3.77. The SMILES string of the molecule is O=C(NCc1ncn[nH]1)Nc1cc(Cl)cc(C(=O)O)c1. The molecule has 20 heavy (non-hydrogen) atoms. The van der Waals surface area contributed by atoms with Crippen LogP contribution < -0.4 is 10.6 Å². The number of hydrogen-bond acceptors (Lipinski definition) is 4. The van der Waals surface area contributed by atoms with Crippen LogP contribution in [0.5, 0.6) is 0 Å². The molecule has 2 aromatic rings. The quantitative estimate of drug-likeness (QED) is 0.681. The van der Waals surface area contributed by atoms with E-state index in [0.717, 1.165) is 0 Å². The summed E-state index contributed by atoms with van der Waals surface area (Å²) in [5, 5.41) is 20.3. The van der Waals surface area contributed by atoms with Gasteiger partial charge in [0.15, 0.2) is 0 Å². The number of halogens is 1. The van der Waals surface area contributed by atoms with E-state index in [1.807, 2.05) is 0 Å². The van der Waals surface area contributed by atoms with Crippen molar-refractivity contribution in [3.05, 3.63) is 40.9 Å². The Balaban J connectivity index is 1.98. The number of aromatic carboxylic acids is 1. The van der Waals surface area contributed by atoms with Gasteiger partial charge in [0.05, 0.1) is 12.1 Å². The van der Waals surface area contributed by atoms with Gasteiger partial charge < -0.3 is 15.7 Å². The number of carbonyl (C=O) groups is 2. The Labute approximate surface area is 118 Å². The van der Waals surface area contributed by atoms with E-state index in [9.17, 15) is 9.59 Å². The first-order chi connectivity index (χ1) is 9.54. The first kappa shape index (κ1) is 13.8. The van der Waals surface area contributed by atoms with Crippen molar-refractivity contribution in [2.24, 2.45) is 0 Å². The van der Waals surface area contributed by atoms with Crippen molar-refractivity contribution in [2.75, 3.05) is 5.32 Å². The van der Waals surface area contributed by atoms with Crippen molar-refractivity contribution in [1.29, 1.82) is 0 Å². The van der Waals surface area contributed by atoms with Crippen LogP contribution in [-0.2, 0) is 6.54 Å². The molecule has 0 fully saturated rings. The maximum absolute atomic E-state index is 11.6. The van der Waals surface area contributed by atoms with Crippen LogP contribution in [0.2, 0.25) is 5.02 Å². The van der Waals surface area contributed by atoms with E-state index < -0.39 is 12.0 Å². The van der Waals surface area contributed by atoms with Crippen LogP contribution in [0.1, 0.15) is 16.2 Å². The number of carbonyl (C=O) groups excluding carboxylic acids is 1. The third kappa shape index (κ3) is 3.69. The van der Waals surface area contributed by atoms with E-state index in [2.05, 4.69) is 25.8 Å². The minimum atomic E-state index is -1.13. The Hall–Kier alpha value is -2.61. The maximum atomic E-state index is 11.6. The van der Waals surface area contributed by atoms with Gasteiger partial charge in [-0.05, 0) is 18.2 Å². The van der Waals surface area contributed by atoms with Gasteiger partial charge in [-0.1, -0.05) is 11.6 Å². The number of nitrogens with zero attached hydrogens (tertiary/aromatic N) is 2. The molecule has 0 aliphatic rings. The largest absolute Gasteiger partial charge is 0.478 e. The molecule has 1 aromatic carbocycles. The Kier molecular flexibility index (Phi) is 4.16. The molecule has 0 radical (unpaired) electrons. The van der Waals surface area contributed by atoms with E-state index in [1.54, 1.807) is 0 Å². The number of carboxylic acids is 1. The Morgan fingerprint density at radius 3 is 2.80 bits per heavy atom. The van der Waals surface area contributed by atoms with Gasteiger partial charge in [0, 0.05) is 10.7 Å². The van der Waals surface area contributed by atoms with Crippen LogP contribution in [0.25, 0.3) is 0 Å². The molecule has 1 heterocycles. The summed E-state index contributed by atoms with van der Waals surface area (Å²) in [4.78, 5) is 26.3. The molecule has 0 spiro atoms. The second kappa shape index (κ2) is 6.02. The number of anilines is 1. The molecule has 104 valence electrons. The van der Waals surface area contributed by atoms with E-state index >= 15 is 0 Å². The lowest BCUT2D eigenvalue weighted by molar-refractivity contribution is 0.0697. The molecule has 0 aliphatic carbocycles. The van der Waals surface area contributed by atoms with Gasteiger partial charge >= 0.3 is 12.0 Å². The van der Waals surface area contributed by atoms with Crippen molar-refractivity contribution >= 4 is 29.3 Å². The number of benzene rings is 1. The van der Waals surface area contributed by atoms with E-state index in [-0.39, 0.29) is 22.8 Å². The molecule has 2 amide bonds. The minimum absolute atomic E-state index is 0.0111. The highest BCUT2D eigenvalue weighted by molar-refractivity contribution is 6.31. The highest BCUT2D eigenvalue weighted by atomic mass is 35.5. The fourth-order valence-electron chi connectivity index (χ4n) is 1.44. The topological polar surface area (TPSA) is 120 Å². The smallest absolute Gasteiger partial charge is 0.335 e. The van der Waals surface area contributed by atoms with Crippen LogP contribution in [0.4, 0.5) is 10.5 Å². The molecule has 0 saturated carbocycles. The number of urea groups is 1. The van der Waals surface area contributed by atoms with Crippen LogP contribution in [-0.4, -0.2) is 32.3 Å². The number of amides is 2. The summed E-state index contributed by atoms with van der Waals surface area (Å²) in [7, 11) is 0. The fraction of sp³-hybridized carbons (Fsp3) is 0.0909. The van der Waals surface area contributed by atoms with Gasteiger partial charge in [-0.2, -0.15) is 5.10 Å². The number of hydrogen-bond donors (Lipinski definition) is 4. The van der Waals surface area contributed by atoms with Crippen LogP contribution in [0, 0.1) is 0 Å². The summed E-state index contributed by atoms with van der Waals surface area (Å²) in [6, 6.07) is 3.53. The summed E-state index contributed by atoms with van der Waals surface area (Å²) >= 11 is 5.78. The standard InChI is InChI=1S/C11H10ClN5O3/c12-7-1-6(10(18)19)2-8(3-7)16-11(20)13-4-9-14-5-15-17-9/h1-3,5H,4H2,(H,18,19)(H2,13,16,20)(H,14,15,17). The zero-order valence-corrected chi connectivity index (χ0v) is 10.8. The summed E-state index contributed by atoms with van der Waals surface area (Å²) in [5.41, 5.74) is 0.271. The minimum Gasteiger partial charge on any atom is -0.478 e. The monoisotopic (exact) mass is 295 g/mol. The zero-order valence-electron chi connectivity index (χ0n) is 10.1. The third-order valence-electron chi connectivity index (χ3n) is 2.28. The van der Waals surface area contributed by atoms with Crippen LogP contribution >= 0.6 is 11.6 Å². The number of carboxylic acid groups (broad SMARTS) is 1. The molecule has 0 bridgehead atoms. The van der Waals surface area contributed by atoms with Crippen LogP contribution in [0.15, 0.2) is 24.5 Å². The average molecular weight is 296 g/mol. The highest BCUT2D eigenvalue weighted by Crippen LogP contribution is 2.19. The summed E-state index contributed by atoms with van der Waals surface area (Å²) in [6.07, 6.45) is 1.32. The molecule has 2 rings (SSSR count). The van der Waals surface area contributed by atoms with E-state index in [1.165, 1.54) is 24.5 Å².